The van der Waals surface area contributed by atoms with E-state index in [1.165, 1.54) is 0 Å². The molecule has 1 aliphatic carbocycles. The number of carboxylic acid groups (broad SMARTS) is 1. The van der Waals surface area contributed by atoms with Gasteiger partial charge in [0.25, 0.3) is 0 Å². The highest BCUT2D eigenvalue weighted by molar-refractivity contribution is 5.80. The molecule has 16 heavy (non-hydrogen) atoms. The van der Waals surface area contributed by atoms with E-state index in [2.05, 4.69) is 13.8 Å². The molecule has 0 bridgehead atoms. The zero-order chi connectivity index (χ0) is 11.9. The number of aliphatic carboxylic acids is 1. The topological polar surface area (TPSA) is 46.5 Å². The van der Waals surface area contributed by atoms with Gasteiger partial charge < -0.3 is 9.84 Å². The van der Waals surface area contributed by atoms with Crippen molar-refractivity contribution >= 4 is 5.97 Å². The number of ether oxygens (including phenoxy) is 1. The summed E-state index contributed by atoms with van der Waals surface area (Å²) >= 11 is 0. The molecule has 3 heteroatoms. The van der Waals surface area contributed by atoms with Crippen molar-refractivity contribution in [2.45, 2.75) is 32.1 Å². The van der Waals surface area contributed by atoms with Crippen molar-refractivity contribution in [2.24, 2.45) is 0 Å². The van der Waals surface area contributed by atoms with Crippen LogP contribution in [0.5, 0.6) is 5.75 Å². The molecule has 1 aliphatic rings. The van der Waals surface area contributed by atoms with Gasteiger partial charge in [0, 0.05) is 0 Å². The normalized spacial score (nSPS) is 17.9. The highest BCUT2D eigenvalue weighted by Crippen LogP contribution is 2.41. The van der Waals surface area contributed by atoms with E-state index in [0.717, 1.165) is 22.4 Å². The van der Waals surface area contributed by atoms with Crippen LogP contribution in [0.3, 0.4) is 0 Å². The third-order valence-electron chi connectivity index (χ3n) is 3.21. The molecule has 0 saturated carbocycles. The van der Waals surface area contributed by atoms with E-state index in [9.17, 15) is 4.79 Å². The van der Waals surface area contributed by atoms with E-state index in [0.29, 0.717) is 12.3 Å². The molecule has 0 amide bonds. The Kier molecular flexibility index (Phi) is 2.62. The fraction of sp³-hybridized carbons (Fsp3) is 0.462. The van der Waals surface area contributed by atoms with Crippen LogP contribution in [0.15, 0.2) is 12.1 Å². The lowest BCUT2D eigenvalue weighted by atomic mass is 9.75. The van der Waals surface area contributed by atoms with Crippen molar-refractivity contribution < 1.29 is 14.6 Å². The summed E-state index contributed by atoms with van der Waals surface area (Å²) in [6.45, 7) is 4.16. The van der Waals surface area contributed by atoms with Crippen LogP contribution < -0.4 is 4.74 Å². The maximum absolute atomic E-state index is 10.9. The molecule has 0 radical (unpaired) electrons. The summed E-state index contributed by atoms with van der Waals surface area (Å²) in [5.41, 5.74) is 3.15. The van der Waals surface area contributed by atoms with Gasteiger partial charge in [0.05, 0.1) is 13.0 Å². The zero-order valence-electron chi connectivity index (χ0n) is 9.78. The number of benzene rings is 1. The Balaban J connectivity index is 2.44. The second-order valence-corrected chi connectivity index (χ2v) is 4.54. The Morgan fingerprint density at radius 1 is 1.50 bits per heavy atom. The summed E-state index contributed by atoms with van der Waals surface area (Å²) in [7, 11) is 1.65. The Morgan fingerprint density at radius 2 is 2.19 bits per heavy atom. The van der Waals surface area contributed by atoms with Gasteiger partial charge >= 0.3 is 5.97 Å². The molecule has 0 fully saturated rings. The molecule has 86 valence electrons. The van der Waals surface area contributed by atoms with Crippen LogP contribution in [0.4, 0.5) is 0 Å². The van der Waals surface area contributed by atoms with Crippen molar-refractivity contribution in [3.05, 3.63) is 28.8 Å². The lowest BCUT2D eigenvalue weighted by Gasteiger charge is -2.29. The van der Waals surface area contributed by atoms with E-state index in [4.69, 9.17) is 9.84 Å². The predicted octanol–water partition coefficient (Wildman–Crippen LogP) is 2.54. The third kappa shape index (κ3) is 1.56. The summed E-state index contributed by atoms with van der Waals surface area (Å²) < 4.78 is 5.32. The number of hydrogen-bond acceptors (Lipinski definition) is 2. The molecule has 1 unspecified atom stereocenters. The van der Waals surface area contributed by atoms with Gasteiger partial charge in [0.15, 0.2) is 0 Å². The lowest BCUT2D eigenvalue weighted by Crippen LogP contribution is -2.25. The number of methoxy groups -OCH3 is 1. The third-order valence-corrected chi connectivity index (χ3v) is 3.21. The molecule has 1 aromatic rings. The number of carboxylic acids is 1. The fourth-order valence-electron chi connectivity index (χ4n) is 2.20. The summed E-state index contributed by atoms with van der Waals surface area (Å²) in [6, 6.07) is 3.96. The highest BCUT2D eigenvalue weighted by Gasteiger charge is 2.33. The minimum atomic E-state index is -0.729. The molecule has 1 N–H and O–H groups in total. The summed E-state index contributed by atoms with van der Waals surface area (Å²) in [5, 5.41) is 9.00. The van der Waals surface area contributed by atoms with Gasteiger partial charge in [-0.1, -0.05) is 19.9 Å². The Bertz CT molecular complexity index is 435. The van der Waals surface area contributed by atoms with Gasteiger partial charge in [-0.15, -0.1) is 0 Å². The van der Waals surface area contributed by atoms with E-state index in [1.807, 2.05) is 12.1 Å². The van der Waals surface area contributed by atoms with Gasteiger partial charge in [-0.2, -0.15) is 0 Å². The number of carbonyl (C=O) groups is 1. The summed E-state index contributed by atoms with van der Waals surface area (Å²) in [5.74, 6) is 0.165. The maximum atomic E-state index is 10.9. The SMILES string of the molecule is COc1cc2c(cc1C(C)C)C(C(=O)O)C2. The second-order valence-electron chi connectivity index (χ2n) is 4.54. The van der Waals surface area contributed by atoms with Crippen molar-refractivity contribution in [1.82, 2.24) is 0 Å². The van der Waals surface area contributed by atoms with Crippen molar-refractivity contribution in [2.75, 3.05) is 7.11 Å². The standard InChI is InChI=1S/C13H16O3/c1-7(2)9-6-10-8(5-12(9)16-3)4-11(10)13(14)15/h5-7,11H,4H2,1-3H3,(H,14,15). The first-order valence-corrected chi connectivity index (χ1v) is 5.48. The van der Waals surface area contributed by atoms with Crippen LogP contribution in [-0.2, 0) is 11.2 Å². The van der Waals surface area contributed by atoms with E-state index >= 15 is 0 Å². The van der Waals surface area contributed by atoms with Gasteiger partial charge in [0.1, 0.15) is 5.75 Å². The van der Waals surface area contributed by atoms with E-state index < -0.39 is 5.97 Å². The van der Waals surface area contributed by atoms with Gasteiger partial charge in [-0.05, 0) is 35.1 Å². The quantitative estimate of drug-likeness (QED) is 0.851. The summed E-state index contributed by atoms with van der Waals surface area (Å²) in [6.07, 6.45) is 0.624. The molecule has 0 saturated heterocycles. The first-order valence-electron chi connectivity index (χ1n) is 5.48. The van der Waals surface area contributed by atoms with Gasteiger partial charge in [0.2, 0.25) is 0 Å². The van der Waals surface area contributed by atoms with Crippen LogP contribution in [0, 0.1) is 0 Å². The minimum Gasteiger partial charge on any atom is -0.496 e. The average Bonchev–Trinajstić information content (AvgIpc) is 2.18. The zero-order valence-corrected chi connectivity index (χ0v) is 9.78. The van der Waals surface area contributed by atoms with E-state index in [1.54, 1.807) is 7.11 Å². The lowest BCUT2D eigenvalue weighted by molar-refractivity contribution is -0.139. The second kappa shape index (κ2) is 3.81. The van der Waals surface area contributed by atoms with Gasteiger partial charge in [-0.3, -0.25) is 4.79 Å². The molecule has 1 atom stereocenters. The largest absolute Gasteiger partial charge is 0.496 e. The molecular weight excluding hydrogens is 204 g/mol. The molecule has 0 aromatic heterocycles. The predicted molar refractivity (Wildman–Crippen MR) is 61.2 cm³/mol. The van der Waals surface area contributed by atoms with Crippen LogP contribution in [-0.4, -0.2) is 18.2 Å². The van der Waals surface area contributed by atoms with E-state index in [-0.39, 0.29) is 5.92 Å². The Labute approximate surface area is 95.0 Å². The van der Waals surface area contributed by atoms with Crippen molar-refractivity contribution in [1.29, 1.82) is 0 Å². The van der Waals surface area contributed by atoms with Crippen LogP contribution >= 0.6 is 0 Å². The van der Waals surface area contributed by atoms with Crippen molar-refractivity contribution in [3.8, 4) is 5.75 Å². The average molecular weight is 220 g/mol. The van der Waals surface area contributed by atoms with Crippen LogP contribution in [0.2, 0.25) is 0 Å². The van der Waals surface area contributed by atoms with Crippen LogP contribution in [0.1, 0.15) is 42.4 Å². The molecular formula is C13H16O3. The van der Waals surface area contributed by atoms with Crippen molar-refractivity contribution in [3.63, 3.8) is 0 Å². The Hall–Kier alpha value is -1.51. The Morgan fingerprint density at radius 3 is 2.69 bits per heavy atom. The molecule has 0 heterocycles. The fourth-order valence-corrected chi connectivity index (χ4v) is 2.20. The first kappa shape index (κ1) is 11.0. The number of rotatable bonds is 3. The number of hydrogen-bond donors (Lipinski definition) is 1. The van der Waals surface area contributed by atoms with Gasteiger partial charge in [-0.25, -0.2) is 0 Å². The molecule has 3 nitrogen and oxygen atoms in total. The smallest absolute Gasteiger partial charge is 0.311 e. The molecule has 2 rings (SSSR count). The molecule has 0 aliphatic heterocycles. The minimum absolute atomic E-state index is 0.321. The number of fused-ring (bicyclic) bond motifs is 1. The van der Waals surface area contributed by atoms with Crippen LogP contribution in [0.25, 0.3) is 0 Å². The summed E-state index contributed by atoms with van der Waals surface area (Å²) in [4.78, 5) is 10.9. The molecule has 1 aromatic carbocycles. The monoisotopic (exact) mass is 220 g/mol. The maximum Gasteiger partial charge on any atom is 0.311 e. The highest BCUT2D eigenvalue weighted by atomic mass is 16.5. The molecule has 0 spiro atoms. The first-order chi connectivity index (χ1) is 7.54.